The predicted molar refractivity (Wildman–Crippen MR) is 79.6 cm³/mol. The van der Waals surface area contributed by atoms with Crippen molar-refractivity contribution in [1.82, 2.24) is 5.32 Å². The van der Waals surface area contributed by atoms with Gasteiger partial charge in [-0.05, 0) is 27.2 Å². The van der Waals surface area contributed by atoms with Crippen molar-refractivity contribution in [2.75, 3.05) is 26.4 Å². The van der Waals surface area contributed by atoms with Gasteiger partial charge in [-0.2, -0.15) is 0 Å². The molecule has 6 nitrogen and oxygen atoms in total. The highest BCUT2D eigenvalue weighted by molar-refractivity contribution is 7.85. The number of amides is 1. The number of carbonyl (C=O) groups is 1. The number of rotatable bonds is 6. The minimum absolute atomic E-state index is 0.0637. The van der Waals surface area contributed by atoms with Crippen LogP contribution in [0.3, 0.4) is 0 Å². The first-order valence-electron chi connectivity index (χ1n) is 6.51. The van der Waals surface area contributed by atoms with E-state index in [4.69, 9.17) is 0 Å². The zero-order valence-corrected chi connectivity index (χ0v) is 14.2. The van der Waals surface area contributed by atoms with Crippen LogP contribution in [0.1, 0.15) is 34.1 Å². The second-order valence-electron chi connectivity index (χ2n) is 5.76. The molecule has 0 aromatic rings. The van der Waals surface area contributed by atoms with Crippen LogP contribution in [0.5, 0.6) is 0 Å². The molecule has 0 unspecified atom stereocenters. The van der Waals surface area contributed by atoms with E-state index in [1.807, 2.05) is 13.8 Å². The first-order valence-corrected chi connectivity index (χ1v) is 8.09. The van der Waals surface area contributed by atoms with Crippen molar-refractivity contribution >= 4 is 16.0 Å². The summed E-state index contributed by atoms with van der Waals surface area (Å²) < 4.78 is 29.0. The molecule has 2 N–H and O–H groups in total. The Morgan fingerprint density at radius 1 is 1.35 bits per heavy atom. The molecule has 0 heterocycles. The molecule has 20 heavy (non-hydrogen) atoms. The minimum atomic E-state index is -3.92. The summed E-state index contributed by atoms with van der Waals surface area (Å²) in [6, 6.07) is 0. The Hall–Kier alpha value is -0.920. The van der Waals surface area contributed by atoms with Crippen LogP contribution in [0, 0.1) is 0 Å². The van der Waals surface area contributed by atoms with E-state index in [0.717, 1.165) is 6.54 Å². The molecular formula is C13H28N2O4S. The summed E-state index contributed by atoms with van der Waals surface area (Å²) in [5, 5.41) is 2.93. The number of nitrogens with one attached hydrogen (secondary N) is 2. The fraction of sp³-hybridized carbons (Fsp3) is 0.769. The average Bonchev–Trinajstić information content (AvgIpc) is 2.12. The molecule has 0 rings (SSSR count). The summed E-state index contributed by atoms with van der Waals surface area (Å²) in [5.74, 6) is -0.307. The summed E-state index contributed by atoms with van der Waals surface area (Å²) in [6.07, 6.45) is 0.409. The van der Waals surface area contributed by atoms with Gasteiger partial charge in [-0.15, -0.1) is 0 Å². The molecule has 0 aromatic heterocycles. The number of likely N-dealkylation sites (N-methyl/N-ethyl adjacent to an activating group) is 1. The number of hydrogen-bond donors (Lipinski definition) is 2. The lowest BCUT2D eigenvalue weighted by Gasteiger charge is -2.27. The Morgan fingerprint density at radius 3 is 2.00 bits per heavy atom. The maximum absolute atomic E-state index is 11.3. The Labute approximate surface area is 123 Å². The number of carbonyl (C=O) groups excluding carboxylic acids is 1. The second-order valence-corrected chi connectivity index (χ2v) is 7.29. The quantitative estimate of drug-likeness (QED) is 0.513. The third kappa shape index (κ3) is 15.1. The summed E-state index contributed by atoms with van der Waals surface area (Å²) in [5.41, 5.74) is 0.385. The van der Waals surface area contributed by atoms with Gasteiger partial charge in [0.05, 0.1) is 36.3 Å². The van der Waals surface area contributed by atoms with Crippen molar-refractivity contribution in [3.8, 4) is 0 Å². The van der Waals surface area contributed by atoms with Crippen molar-refractivity contribution in [2.24, 2.45) is 0 Å². The molecule has 0 aliphatic carbocycles. The molecule has 7 heteroatoms. The van der Waals surface area contributed by atoms with E-state index in [1.54, 1.807) is 13.8 Å². The Kier molecular flexibility index (Phi) is 9.72. The summed E-state index contributed by atoms with van der Waals surface area (Å²) in [4.78, 5) is 12.6. The first kappa shape index (κ1) is 21.4. The van der Waals surface area contributed by atoms with Gasteiger partial charge >= 0.3 is 0 Å². The van der Waals surface area contributed by atoms with E-state index in [9.17, 15) is 17.8 Å². The monoisotopic (exact) mass is 308 g/mol. The van der Waals surface area contributed by atoms with Crippen LogP contribution in [0.2, 0.25) is 0 Å². The van der Waals surface area contributed by atoms with Crippen molar-refractivity contribution in [2.45, 2.75) is 39.7 Å². The highest BCUT2D eigenvalue weighted by Gasteiger charge is 2.23. The normalized spacial score (nSPS) is 11.6. The molecule has 0 aliphatic heterocycles. The Balaban J connectivity index is 0. The molecule has 120 valence electrons. The van der Waals surface area contributed by atoms with Crippen molar-refractivity contribution in [3.05, 3.63) is 12.2 Å². The van der Waals surface area contributed by atoms with E-state index < -0.39 is 10.1 Å². The average molecular weight is 308 g/mol. The van der Waals surface area contributed by atoms with Crippen LogP contribution in [-0.2, 0) is 14.9 Å². The topological polar surface area (TPSA) is 90.7 Å². The van der Waals surface area contributed by atoms with Crippen LogP contribution in [0.15, 0.2) is 12.2 Å². The highest BCUT2D eigenvalue weighted by Crippen LogP contribution is 2.00. The second kappa shape index (κ2) is 9.10. The van der Waals surface area contributed by atoms with E-state index in [-0.39, 0.29) is 17.2 Å². The molecule has 0 saturated heterocycles. The zero-order valence-electron chi connectivity index (χ0n) is 13.4. The van der Waals surface area contributed by atoms with Crippen molar-refractivity contribution in [3.63, 3.8) is 0 Å². The number of hydrogen-bond acceptors (Lipinski definition) is 4. The third-order valence-corrected chi connectivity index (χ3v) is 3.00. The van der Waals surface area contributed by atoms with E-state index in [1.165, 1.54) is 4.90 Å². The highest BCUT2D eigenvalue weighted by atomic mass is 32.2. The van der Waals surface area contributed by atoms with Crippen molar-refractivity contribution < 1.29 is 22.7 Å². The Bertz CT molecular complexity index is 414. The molecule has 0 radical (unpaired) electrons. The van der Waals surface area contributed by atoms with E-state index in [2.05, 4.69) is 26.0 Å². The van der Waals surface area contributed by atoms with E-state index >= 15 is 0 Å². The third-order valence-electron chi connectivity index (χ3n) is 2.09. The van der Waals surface area contributed by atoms with E-state index in [0.29, 0.717) is 12.0 Å². The Morgan fingerprint density at radius 2 is 1.80 bits per heavy atom. The first-order chi connectivity index (χ1) is 8.80. The van der Waals surface area contributed by atoms with Gasteiger partial charge in [0, 0.05) is 11.3 Å². The fourth-order valence-electron chi connectivity index (χ4n) is 1.59. The van der Waals surface area contributed by atoms with Gasteiger partial charge in [-0.25, -0.2) is 8.42 Å². The van der Waals surface area contributed by atoms with Crippen molar-refractivity contribution in [1.29, 1.82) is 0 Å². The lowest BCUT2D eigenvalue weighted by atomic mass is 10.0. The minimum Gasteiger partial charge on any atom is -0.748 e. The van der Waals surface area contributed by atoms with Gasteiger partial charge in [-0.1, -0.05) is 13.5 Å². The molecule has 0 fully saturated rings. The molecule has 0 spiro atoms. The maximum atomic E-state index is 11.3. The van der Waals surface area contributed by atoms with Gasteiger partial charge < -0.3 is 14.8 Å². The molecule has 0 bridgehead atoms. The van der Waals surface area contributed by atoms with Crippen LogP contribution >= 0.6 is 0 Å². The van der Waals surface area contributed by atoms with Gasteiger partial charge in [-0.3, -0.25) is 4.79 Å². The van der Waals surface area contributed by atoms with Gasteiger partial charge in [0.25, 0.3) is 0 Å². The number of quaternary nitrogens is 1. The van der Waals surface area contributed by atoms with Gasteiger partial charge in [0.15, 0.2) is 0 Å². The molecule has 0 aliphatic rings. The standard InChI is InChI=1S/C10H20N2O.C3H8O3S/c1-8(2)9(13)11-10(3,4)7-12(5)6;1-2-3-7(4,5)6/h1,7H2,2-6H3,(H,11,13);2-3H2,1H3,(H,4,5,6). The summed E-state index contributed by atoms with van der Waals surface area (Å²) in [6.45, 7) is 11.9. The molecule has 0 saturated carbocycles. The lowest BCUT2D eigenvalue weighted by Crippen LogP contribution is -3.08. The van der Waals surface area contributed by atoms with Gasteiger partial charge in [0.2, 0.25) is 5.91 Å². The maximum Gasteiger partial charge on any atom is 0.246 e. The van der Waals surface area contributed by atoms with Crippen LogP contribution in [0.25, 0.3) is 0 Å². The molecular weight excluding hydrogens is 280 g/mol. The predicted octanol–water partition coefficient (Wildman–Crippen LogP) is -0.457. The molecule has 0 atom stereocenters. The summed E-state index contributed by atoms with van der Waals surface area (Å²) in [7, 11) is 0.204. The summed E-state index contributed by atoms with van der Waals surface area (Å²) >= 11 is 0. The van der Waals surface area contributed by atoms with Crippen LogP contribution in [-0.4, -0.2) is 50.8 Å². The van der Waals surface area contributed by atoms with Crippen LogP contribution in [0.4, 0.5) is 0 Å². The van der Waals surface area contributed by atoms with Gasteiger partial charge in [0.1, 0.15) is 0 Å². The molecule has 0 aromatic carbocycles. The smallest absolute Gasteiger partial charge is 0.246 e. The fourth-order valence-corrected chi connectivity index (χ4v) is 2.09. The van der Waals surface area contributed by atoms with Crippen LogP contribution < -0.4 is 10.2 Å². The lowest BCUT2D eigenvalue weighted by molar-refractivity contribution is -0.862. The molecule has 1 amide bonds. The SMILES string of the molecule is C=C(C)C(=O)NC(C)(C)C[NH+](C)C.CCCS(=O)(=O)[O-]. The zero-order chi connectivity index (χ0) is 16.6. The largest absolute Gasteiger partial charge is 0.748 e.